The van der Waals surface area contributed by atoms with Gasteiger partial charge in [0.1, 0.15) is 17.4 Å². The van der Waals surface area contributed by atoms with Gasteiger partial charge < -0.3 is 10.3 Å². The number of fused-ring (bicyclic) bond motifs is 1. The maximum absolute atomic E-state index is 15.1. The first kappa shape index (κ1) is 19.6. The molecule has 1 aromatic carbocycles. The molecule has 2 atom stereocenters. The van der Waals surface area contributed by atoms with Gasteiger partial charge in [0.2, 0.25) is 5.91 Å². The molecule has 3 aliphatic rings. The summed E-state index contributed by atoms with van der Waals surface area (Å²) in [6.45, 7) is 0. The number of alkyl halides is 3. The molecule has 1 aromatic heterocycles. The molecule has 30 heavy (non-hydrogen) atoms. The van der Waals surface area contributed by atoms with E-state index in [9.17, 15) is 18.0 Å². The standard InChI is InChI=1S/C22H23F4N3O/c23-19-13(9-14-6-8-17(22(24,25)26)28-21(14)30)5-7-16-20(19)29-18(27-16)10-15(11-1-2-11)12-3-4-12/h5,7,10-12,14,17H,1-4,6,8-9H2,(H,27,29)(H,28,30). The molecule has 2 saturated carbocycles. The van der Waals surface area contributed by atoms with Crippen molar-refractivity contribution in [2.24, 2.45) is 17.8 Å². The van der Waals surface area contributed by atoms with Crippen molar-refractivity contribution < 1.29 is 22.4 Å². The molecule has 5 rings (SSSR count). The number of nitrogens with one attached hydrogen (secondary N) is 2. The number of benzene rings is 1. The summed E-state index contributed by atoms with van der Waals surface area (Å²) < 4.78 is 53.5. The number of halogens is 4. The number of amides is 1. The van der Waals surface area contributed by atoms with Crippen molar-refractivity contribution >= 4 is 23.0 Å². The molecule has 2 heterocycles. The highest BCUT2D eigenvalue weighted by molar-refractivity contribution is 5.81. The van der Waals surface area contributed by atoms with E-state index in [4.69, 9.17) is 0 Å². The Labute approximate surface area is 171 Å². The molecule has 160 valence electrons. The molecule has 1 aliphatic heterocycles. The van der Waals surface area contributed by atoms with Gasteiger partial charge in [-0.3, -0.25) is 4.79 Å². The lowest BCUT2D eigenvalue weighted by atomic mass is 9.88. The molecule has 2 N–H and O–H groups in total. The fraction of sp³-hybridized carbons (Fsp3) is 0.545. The third-order valence-electron chi connectivity index (χ3n) is 6.44. The van der Waals surface area contributed by atoms with E-state index < -0.39 is 29.9 Å². The Morgan fingerprint density at radius 3 is 2.40 bits per heavy atom. The summed E-state index contributed by atoms with van der Waals surface area (Å²) >= 11 is 0. The number of hydrogen-bond donors (Lipinski definition) is 2. The fourth-order valence-corrected chi connectivity index (χ4v) is 4.46. The second kappa shape index (κ2) is 7.10. The lowest BCUT2D eigenvalue weighted by Gasteiger charge is -2.30. The van der Waals surface area contributed by atoms with E-state index >= 15 is 4.39 Å². The summed E-state index contributed by atoms with van der Waals surface area (Å²) in [5.74, 6) is 0.0529. The summed E-state index contributed by atoms with van der Waals surface area (Å²) in [6, 6.07) is 1.50. The number of aromatic nitrogens is 2. The van der Waals surface area contributed by atoms with Crippen LogP contribution in [-0.4, -0.2) is 28.1 Å². The van der Waals surface area contributed by atoms with Crippen LogP contribution in [-0.2, 0) is 11.2 Å². The summed E-state index contributed by atoms with van der Waals surface area (Å²) in [6.07, 6.45) is 2.38. The predicted molar refractivity (Wildman–Crippen MR) is 104 cm³/mol. The van der Waals surface area contributed by atoms with Crippen LogP contribution >= 0.6 is 0 Å². The molecule has 2 unspecified atom stereocenters. The molecule has 0 spiro atoms. The van der Waals surface area contributed by atoms with Gasteiger partial charge in [0, 0.05) is 5.92 Å². The molecule has 8 heteroatoms. The van der Waals surface area contributed by atoms with Crippen LogP contribution in [0.4, 0.5) is 17.6 Å². The van der Waals surface area contributed by atoms with E-state index in [-0.39, 0.29) is 24.8 Å². The van der Waals surface area contributed by atoms with Crippen LogP contribution in [0.5, 0.6) is 0 Å². The van der Waals surface area contributed by atoms with Crippen molar-refractivity contribution in [3.8, 4) is 0 Å². The highest BCUT2D eigenvalue weighted by Crippen LogP contribution is 2.49. The Kier molecular flexibility index (Phi) is 4.63. The van der Waals surface area contributed by atoms with Crippen LogP contribution in [0.2, 0.25) is 0 Å². The zero-order valence-electron chi connectivity index (χ0n) is 16.4. The largest absolute Gasteiger partial charge is 0.408 e. The van der Waals surface area contributed by atoms with Crippen molar-refractivity contribution in [2.75, 3.05) is 0 Å². The van der Waals surface area contributed by atoms with Gasteiger partial charge in [-0.05, 0) is 74.5 Å². The van der Waals surface area contributed by atoms with Crippen LogP contribution in [0, 0.1) is 23.6 Å². The first-order chi connectivity index (χ1) is 14.3. The van der Waals surface area contributed by atoms with Crippen LogP contribution in [0.3, 0.4) is 0 Å². The fourth-order valence-electron chi connectivity index (χ4n) is 4.46. The number of H-pyrrole nitrogens is 1. The number of rotatable bonds is 5. The number of aromatic amines is 1. The van der Waals surface area contributed by atoms with Crippen molar-refractivity contribution in [2.45, 2.75) is 57.2 Å². The van der Waals surface area contributed by atoms with Crippen molar-refractivity contribution in [1.29, 1.82) is 0 Å². The number of allylic oxidation sites excluding steroid dienone is 1. The molecule has 2 aromatic rings. The van der Waals surface area contributed by atoms with Crippen molar-refractivity contribution in [1.82, 2.24) is 15.3 Å². The predicted octanol–water partition coefficient (Wildman–Crippen LogP) is 4.91. The van der Waals surface area contributed by atoms with Gasteiger partial charge in [0.15, 0.2) is 5.82 Å². The third kappa shape index (κ3) is 3.84. The van der Waals surface area contributed by atoms with Gasteiger partial charge in [-0.25, -0.2) is 9.37 Å². The smallest absolute Gasteiger partial charge is 0.344 e. The van der Waals surface area contributed by atoms with Crippen molar-refractivity contribution in [3.05, 3.63) is 34.9 Å². The Balaban J connectivity index is 1.35. The van der Waals surface area contributed by atoms with Crippen LogP contribution < -0.4 is 5.32 Å². The number of carbonyl (C=O) groups is 1. The Hall–Kier alpha value is -2.38. The molecule has 1 amide bonds. The van der Waals surface area contributed by atoms with Gasteiger partial charge in [0.05, 0.1) is 5.52 Å². The van der Waals surface area contributed by atoms with E-state index in [0.29, 0.717) is 28.7 Å². The second-order valence-electron chi connectivity index (χ2n) is 8.83. The van der Waals surface area contributed by atoms with E-state index in [1.165, 1.54) is 31.3 Å². The van der Waals surface area contributed by atoms with Crippen LogP contribution in [0.1, 0.15) is 49.9 Å². The van der Waals surface area contributed by atoms with E-state index in [1.54, 1.807) is 12.1 Å². The minimum absolute atomic E-state index is 0.0611. The normalized spacial score (nSPS) is 24.7. The molecule has 0 bridgehead atoms. The first-order valence-electron chi connectivity index (χ1n) is 10.5. The van der Waals surface area contributed by atoms with Gasteiger partial charge in [-0.15, -0.1) is 0 Å². The maximum atomic E-state index is 15.1. The zero-order valence-corrected chi connectivity index (χ0v) is 16.4. The number of hydrogen-bond acceptors (Lipinski definition) is 2. The second-order valence-corrected chi connectivity index (χ2v) is 8.83. The molecule has 2 aliphatic carbocycles. The van der Waals surface area contributed by atoms with E-state index in [2.05, 4.69) is 16.0 Å². The molecular formula is C22H23F4N3O. The quantitative estimate of drug-likeness (QED) is 0.675. The number of carbonyl (C=O) groups excluding carboxylic acids is 1. The Morgan fingerprint density at radius 2 is 1.80 bits per heavy atom. The highest BCUT2D eigenvalue weighted by Gasteiger charge is 2.44. The lowest BCUT2D eigenvalue weighted by molar-refractivity contribution is -0.169. The van der Waals surface area contributed by atoms with Gasteiger partial charge in [-0.1, -0.05) is 11.6 Å². The minimum atomic E-state index is -4.45. The Morgan fingerprint density at radius 1 is 1.10 bits per heavy atom. The molecule has 4 nitrogen and oxygen atoms in total. The number of nitrogens with zero attached hydrogens (tertiary/aromatic N) is 1. The van der Waals surface area contributed by atoms with E-state index in [1.807, 2.05) is 5.32 Å². The Bertz CT molecular complexity index is 1000. The minimum Gasteiger partial charge on any atom is -0.344 e. The third-order valence-corrected chi connectivity index (χ3v) is 6.44. The molecule has 1 saturated heterocycles. The molecular weight excluding hydrogens is 398 g/mol. The molecule has 0 radical (unpaired) electrons. The van der Waals surface area contributed by atoms with Gasteiger partial charge >= 0.3 is 6.18 Å². The summed E-state index contributed by atoms with van der Waals surface area (Å²) in [5.41, 5.74) is 2.51. The topological polar surface area (TPSA) is 57.8 Å². The van der Waals surface area contributed by atoms with Gasteiger partial charge in [-0.2, -0.15) is 13.2 Å². The van der Waals surface area contributed by atoms with E-state index in [0.717, 1.165) is 0 Å². The zero-order chi connectivity index (χ0) is 21.0. The number of piperidine rings is 1. The SMILES string of the molecule is O=C1NC(C(F)(F)F)CCC1Cc1ccc2[nH]c(C=C(C3CC3)C3CC3)nc2c1F. The average Bonchev–Trinajstić information content (AvgIpc) is 3.61. The lowest BCUT2D eigenvalue weighted by Crippen LogP contribution is -2.51. The van der Waals surface area contributed by atoms with Crippen molar-refractivity contribution in [3.63, 3.8) is 0 Å². The molecule has 3 fully saturated rings. The first-order valence-corrected chi connectivity index (χ1v) is 10.5. The van der Waals surface area contributed by atoms with Crippen LogP contribution in [0.15, 0.2) is 17.7 Å². The summed E-state index contributed by atoms with van der Waals surface area (Å²) in [4.78, 5) is 19.7. The van der Waals surface area contributed by atoms with Crippen LogP contribution in [0.25, 0.3) is 17.1 Å². The summed E-state index contributed by atoms with van der Waals surface area (Å²) in [7, 11) is 0. The number of imidazole rings is 1. The van der Waals surface area contributed by atoms with Gasteiger partial charge in [0.25, 0.3) is 0 Å². The monoisotopic (exact) mass is 421 g/mol. The highest BCUT2D eigenvalue weighted by atomic mass is 19.4. The maximum Gasteiger partial charge on any atom is 0.408 e. The average molecular weight is 421 g/mol. The summed E-state index contributed by atoms with van der Waals surface area (Å²) in [5, 5.41) is 2.03.